The van der Waals surface area contributed by atoms with Crippen molar-refractivity contribution in [3.63, 3.8) is 0 Å². The standard InChI is InChI=1S/C17H23NO4/c19-16(13-22-12-15-5-2-1-3-6-15)18-10-4-7-14(11-18)8-9-17(20)21/h1-3,5-6,14H,4,7-13H2,(H,20,21)/t14-/m1/s1. The highest BCUT2D eigenvalue weighted by atomic mass is 16.5. The number of carboxylic acids is 1. The fourth-order valence-electron chi connectivity index (χ4n) is 2.78. The zero-order valence-corrected chi connectivity index (χ0v) is 12.7. The number of carbonyl (C=O) groups excluding carboxylic acids is 1. The molecule has 0 unspecified atom stereocenters. The van der Waals surface area contributed by atoms with Crippen molar-refractivity contribution in [2.75, 3.05) is 19.7 Å². The molecule has 1 aromatic rings. The van der Waals surface area contributed by atoms with Crippen molar-refractivity contribution in [1.82, 2.24) is 4.90 Å². The van der Waals surface area contributed by atoms with Gasteiger partial charge < -0.3 is 14.7 Å². The lowest BCUT2D eigenvalue weighted by atomic mass is 9.93. The van der Waals surface area contributed by atoms with Crippen LogP contribution in [0.5, 0.6) is 0 Å². The number of amides is 1. The Labute approximate surface area is 130 Å². The lowest BCUT2D eigenvalue weighted by molar-refractivity contribution is -0.138. The van der Waals surface area contributed by atoms with Gasteiger partial charge in [0.15, 0.2) is 0 Å². The van der Waals surface area contributed by atoms with Gasteiger partial charge in [0.2, 0.25) is 5.91 Å². The van der Waals surface area contributed by atoms with E-state index in [0.717, 1.165) is 24.9 Å². The number of carboxylic acid groups (broad SMARTS) is 1. The van der Waals surface area contributed by atoms with Crippen LogP contribution in [0, 0.1) is 5.92 Å². The fraction of sp³-hybridized carbons (Fsp3) is 0.529. The largest absolute Gasteiger partial charge is 0.481 e. The van der Waals surface area contributed by atoms with Gasteiger partial charge in [-0.25, -0.2) is 0 Å². The van der Waals surface area contributed by atoms with Gasteiger partial charge in [0.05, 0.1) is 6.61 Å². The van der Waals surface area contributed by atoms with Crippen molar-refractivity contribution in [3.05, 3.63) is 35.9 Å². The number of aliphatic carboxylic acids is 1. The molecule has 1 aromatic carbocycles. The molecule has 0 aromatic heterocycles. The first-order chi connectivity index (χ1) is 10.6. The van der Waals surface area contributed by atoms with Crippen LogP contribution in [0.4, 0.5) is 0 Å². The van der Waals surface area contributed by atoms with Gasteiger partial charge in [0.1, 0.15) is 6.61 Å². The highest BCUT2D eigenvalue weighted by Crippen LogP contribution is 2.21. The number of nitrogens with zero attached hydrogens (tertiary/aromatic N) is 1. The summed E-state index contributed by atoms with van der Waals surface area (Å²) in [7, 11) is 0. The Bertz CT molecular complexity index is 489. The maximum Gasteiger partial charge on any atom is 0.303 e. The lowest BCUT2D eigenvalue weighted by Crippen LogP contribution is -2.41. The van der Waals surface area contributed by atoms with Gasteiger partial charge in [0, 0.05) is 19.5 Å². The molecule has 5 heteroatoms. The number of rotatable bonds is 7. The highest BCUT2D eigenvalue weighted by molar-refractivity contribution is 5.77. The van der Waals surface area contributed by atoms with Crippen LogP contribution in [0.2, 0.25) is 0 Å². The molecule has 0 spiro atoms. The number of hydrogen-bond acceptors (Lipinski definition) is 3. The Morgan fingerprint density at radius 1 is 1.27 bits per heavy atom. The average Bonchev–Trinajstić information content (AvgIpc) is 2.54. The molecule has 5 nitrogen and oxygen atoms in total. The molecule has 0 bridgehead atoms. The molecule has 120 valence electrons. The van der Waals surface area contributed by atoms with Gasteiger partial charge in [0.25, 0.3) is 0 Å². The van der Waals surface area contributed by atoms with Crippen LogP contribution >= 0.6 is 0 Å². The minimum Gasteiger partial charge on any atom is -0.481 e. The summed E-state index contributed by atoms with van der Waals surface area (Å²) in [5, 5.41) is 8.74. The lowest BCUT2D eigenvalue weighted by Gasteiger charge is -2.32. The SMILES string of the molecule is O=C(O)CC[C@H]1CCCN(C(=O)COCc2ccccc2)C1. The second-order valence-corrected chi connectivity index (χ2v) is 5.76. The molecule has 1 saturated heterocycles. The Morgan fingerprint density at radius 3 is 2.77 bits per heavy atom. The van der Waals surface area contributed by atoms with Crippen LogP contribution < -0.4 is 0 Å². The van der Waals surface area contributed by atoms with Crippen LogP contribution in [-0.4, -0.2) is 41.6 Å². The second kappa shape index (κ2) is 8.54. The maximum atomic E-state index is 12.2. The first-order valence-corrected chi connectivity index (χ1v) is 7.76. The molecule has 1 fully saturated rings. The molecular formula is C17H23NO4. The summed E-state index contributed by atoms with van der Waals surface area (Å²) in [5.41, 5.74) is 1.05. The highest BCUT2D eigenvalue weighted by Gasteiger charge is 2.23. The summed E-state index contributed by atoms with van der Waals surface area (Å²) < 4.78 is 5.48. The third-order valence-electron chi connectivity index (χ3n) is 3.98. The molecule has 1 amide bonds. The number of benzene rings is 1. The van der Waals surface area contributed by atoms with Crippen molar-refractivity contribution < 1.29 is 19.4 Å². The van der Waals surface area contributed by atoms with E-state index >= 15 is 0 Å². The van der Waals surface area contributed by atoms with E-state index in [2.05, 4.69) is 0 Å². The second-order valence-electron chi connectivity index (χ2n) is 5.76. The predicted molar refractivity (Wildman–Crippen MR) is 82.3 cm³/mol. The molecule has 1 heterocycles. The third kappa shape index (κ3) is 5.48. The van der Waals surface area contributed by atoms with E-state index in [-0.39, 0.29) is 18.9 Å². The Hall–Kier alpha value is -1.88. The van der Waals surface area contributed by atoms with Crippen molar-refractivity contribution >= 4 is 11.9 Å². The monoisotopic (exact) mass is 305 g/mol. The minimum atomic E-state index is -0.769. The zero-order valence-electron chi connectivity index (χ0n) is 12.7. The smallest absolute Gasteiger partial charge is 0.303 e. The summed E-state index contributed by atoms with van der Waals surface area (Å²) >= 11 is 0. The van der Waals surface area contributed by atoms with Gasteiger partial charge in [-0.3, -0.25) is 9.59 Å². The van der Waals surface area contributed by atoms with Crippen molar-refractivity contribution in [2.45, 2.75) is 32.3 Å². The molecule has 22 heavy (non-hydrogen) atoms. The molecule has 1 aliphatic rings. The van der Waals surface area contributed by atoms with Crippen LogP contribution in [0.25, 0.3) is 0 Å². The number of ether oxygens (including phenoxy) is 1. The summed E-state index contributed by atoms with van der Waals surface area (Å²) in [5.74, 6) is -0.478. The van der Waals surface area contributed by atoms with Gasteiger partial charge in [-0.1, -0.05) is 30.3 Å². The van der Waals surface area contributed by atoms with Crippen molar-refractivity contribution in [2.24, 2.45) is 5.92 Å². The topological polar surface area (TPSA) is 66.8 Å². The molecule has 2 rings (SSSR count). The quantitative estimate of drug-likeness (QED) is 0.839. The van der Waals surface area contributed by atoms with E-state index in [4.69, 9.17) is 9.84 Å². The average molecular weight is 305 g/mol. The van der Waals surface area contributed by atoms with E-state index in [1.807, 2.05) is 30.3 Å². The fourth-order valence-corrected chi connectivity index (χ4v) is 2.78. The van der Waals surface area contributed by atoms with Crippen LogP contribution in [0.3, 0.4) is 0 Å². The van der Waals surface area contributed by atoms with E-state index in [1.54, 1.807) is 4.90 Å². The Morgan fingerprint density at radius 2 is 2.05 bits per heavy atom. The molecular weight excluding hydrogens is 282 g/mol. The number of piperidine rings is 1. The minimum absolute atomic E-state index is 0.00374. The molecule has 1 aliphatic heterocycles. The first kappa shape index (κ1) is 16.5. The van der Waals surface area contributed by atoms with Crippen LogP contribution in [0.1, 0.15) is 31.2 Å². The normalized spacial score (nSPS) is 18.2. The van der Waals surface area contributed by atoms with E-state index < -0.39 is 5.97 Å². The molecule has 1 atom stereocenters. The molecule has 0 aliphatic carbocycles. The van der Waals surface area contributed by atoms with Gasteiger partial charge in [-0.15, -0.1) is 0 Å². The Balaban J connectivity index is 1.71. The predicted octanol–water partition coefficient (Wildman–Crippen LogP) is 2.31. The number of hydrogen-bond donors (Lipinski definition) is 1. The van der Waals surface area contributed by atoms with E-state index in [1.165, 1.54) is 0 Å². The first-order valence-electron chi connectivity index (χ1n) is 7.76. The summed E-state index contributed by atoms with van der Waals surface area (Å²) in [6, 6.07) is 9.76. The molecule has 1 N–H and O–H groups in total. The van der Waals surface area contributed by atoms with Crippen molar-refractivity contribution in [3.8, 4) is 0 Å². The molecule has 0 saturated carbocycles. The number of likely N-dealkylation sites (tertiary alicyclic amines) is 1. The van der Waals surface area contributed by atoms with E-state index in [0.29, 0.717) is 25.5 Å². The Kier molecular flexibility index (Phi) is 6.40. The molecule has 0 radical (unpaired) electrons. The van der Waals surface area contributed by atoms with Crippen molar-refractivity contribution in [1.29, 1.82) is 0 Å². The van der Waals surface area contributed by atoms with Crippen LogP contribution in [-0.2, 0) is 20.9 Å². The maximum absolute atomic E-state index is 12.2. The summed E-state index contributed by atoms with van der Waals surface area (Å²) in [6.07, 6.45) is 2.76. The summed E-state index contributed by atoms with van der Waals surface area (Å²) in [4.78, 5) is 24.6. The van der Waals surface area contributed by atoms with Gasteiger partial charge in [-0.05, 0) is 30.7 Å². The van der Waals surface area contributed by atoms with Gasteiger partial charge >= 0.3 is 5.97 Å². The van der Waals surface area contributed by atoms with Gasteiger partial charge in [-0.2, -0.15) is 0 Å². The zero-order chi connectivity index (χ0) is 15.8. The third-order valence-corrected chi connectivity index (χ3v) is 3.98. The van der Waals surface area contributed by atoms with E-state index in [9.17, 15) is 9.59 Å². The summed E-state index contributed by atoms with van der Waals surface area (Å²) in [6.45, 7) is 1.92. The van der Waals surface area contributed by atoms with Crippen LogP contribution in [0.15, 0.2) is 30.3 Å². The number of carbonyl (C=O) groups is 2.